The lowest BCUT2D eigenvalue weighted by Gasteiger charge is -2.16. The van der Waals surface area contributed by atoms with Gasteiger partial charge in [0.05, 0.1) is 23.9 Å². The molecule has 0 amide bonds. The van der Waals surface area contributed by atoms with E-state index in [1.807, 2.05) is 42.5 Å². The van der Waals surface area contributed by atoms with Crippen molar-refractivity contribution in [2.24, 2.45) is 0 Å². The van der Waals surface area contributed by atoms with Gasteiger partial charge >= 0.3 is 5.97 Å². The van der Waals surface area contributed by atoms with Gasteiger partial charge in [-0.15, -0.1) is 0 Å². The Kier molecular flexibility index (Phi) is 6.08. The van der Waals surface area contributed by atoms with Crippen molar-refractivity contribution >= 4 is 16.9 Å². The number of carbonyl (C=O) groups excluding carboxylic acids is 1. The van der Waals surface area contributed by atoms with Crippen molar-refractivity contribution in [2.45, 2.75) is 19.4 Å². The van der Waals surface area contributed by atoms with Crippen molar-refractivity contribution in [1.29, 1.82) is 0 Å². The maximum Gasteiger partial charge on any atom is 0.305 e. The Hall–Kier alpha value is -3.93. The molecule has 0 atom stereocenters. The molecule has 1 N–H and O–H groups in total. The van der Waals surface area contributed by atoms with E-state index in [9.17, 15) is 9.90 Å². The maximum atomic E-state index is 11.5. The van der Waals surface area contributed by atoms with E-state index in [-0.39, 0.29) is 24.7 Å². The first-order chi connectivity index (χ1) is 15.2. The molecule has 4 aromatic rings. The number of aryl methyl sites for hydroxylation is 1. The zero-order valence-electron chi connectivity index (χ0n) is 17.1. The fourth-order valence-corrected chi connectivity index (χ4v) is 3.41. The molecule has 4 rings (SSSR count). The number of ether oxygens (including phenoxy) is 2. The lowest BCUT2D eigenvalue weighted by atomic mass is 9.98. The van der Waals surface area contributed by atoms with E-state index in [0.717, 1.165) is 22.2 Å². The lowest BCUT2D eigenvalue weighted by molar-refractivity contribution is -0.140. The van der Waals surface area contributed by atoms with Crippen molar-refractivity contribution in [3.05, 3.63) is 84.3 Å². The summed E-state index contributed by atoms with van der Waals surface area (Å²) in [5.74, 6) is 0.284. The average molecular weight is 414 g/mol. The van der Waals surface area contributed by atoms with Gasteiger partial charge in [0.1, 0.15) is 18.1 Å². The number of aromatic nitrogens is 2. The van der Waals surface area contributed by atoms with Crippen LogP contribution >= 0.6 is 0 Å². The number of hydrogen-bond acceptors (Lipinski definition) is 6. The van der Waals surface area contributed by atoms with Gasteiger partial charge in [0.2, 0.25) is 0 Å². The van der Waals surface area contributed by atoms with Crippen LogP contribution in [-0.2, 0) is 22.6 Å². The van der Waals surface area contributed by atoms with Gasteiger partial charge in [-0.25, -0.2) is 4.98 Å². The van der Waals surface area contributed by atoms with Crippen LogP contribution in [0, 0.1) is 0 Å². The van der Waals surface area contributed by atoms with Crippen molar-refractivity contribution in [1.82, 2.24) is 9.97 Å². The zero-order valence-corrected chi connectivity index (χ0v) is 17.1. The van der Waals surface area contributed by atoms with Gasteiger partial charge in [0.15, 0.2) is 0 Å². The monoisotopic (exact) mass is 414 g/mol. The van der Waals surface area contributed by atoms with E-state index in [0.29, 0.717) is 23.3 Å². The molecule has 0 bridgehead atoms. The second-order valence-corrected chi connectivity index (χ2v) is 7.04. The third-order valence-electron chi connectivity index (χ3n) is 5.05. The van der Waals surface area contributed by atoms with E-state index in [2.05, 4.69) is 9.97 Å². The fourth-order valence-electron chi connectivity index (χ4n) is 3.41. The number of nitrogens with zero attached hydrogens (tertiary/aromatic N) is 2. The molecule has 0 aliphatic rings. The number of methoxy groups -OCH3 is 1. The van der Waals surface area contributed by atoms with E-state index < -0.39 is 0 Å². The summed E-state index contributed by atoms with van der Waals surface area (Å²) >= 11 is 0. The number of carbonyl (C=O) groups is 1. The first-order valence-corrected chi connectivity index (χ1v) is 9.95. The summed E-state index contributed by atoms with van der Waals surface area (Å²) in [5.41, 5.74) is 3.67. The second kappa shape index (κ2) is 9.26. The fraction of sp³-hybridized carbons (Fsp3) is 0.160. The molecule has 6 heteroatoms. The topological polar surface area (TPSA) is 81.5 Å². The largest absolute Gasteiger partial charge is 0.507 e. The minimum Gasteiger partial charge on any atom is -0.507 e. The predicted octanol–water partition coefficient (Wildman–Crippen LogP) is 4.69. The number of pyridine rings is 2. The van der Waals surface area contributed by atoms with Crippen molar-refractivity contribution in [2.75, 3.05) is 7.11 Å². The van der Waals surface area contributed by atoms with Gasteiger partial charge in [0, 0.05) is 24.2 Å². The van der Waals surface area contributed by atoms with E-state index in [1.165, 1.54) is 7.11 Å². The standard InChI is InChI=1S/C25H22N2O4/c1-30-23(28)11-8-19-7-10-22(24(25(19)29)18-12-14-26-15-13-18)31-16-20-9-6-17-4-2-3-5-21(17)27-20/h2-7,9-10,12-15,29H,8,11,16H2,1H3. The number of para-hydroxylation sites is 1. The first-order valence-electron chi connectivity index (χ1n) is 9.95. The Balaban J connectivity index is 1.64. The van der Waals surface area contributed by atoms with E-state index in [1.54, 1.807) is 30.6 Å². The van der Waals surface area contributed by atoms with Crippen molar-refractivity contribution < 1.29 is 19.4 Å². The quantitative estimate of drug-likeness (QED) is 0.442. The Labute approximate surface area is 180 Å². The molecule has 2 aromatic carbocycles. The highest BCUT2D eigenvalue weighted by Crippen LogP contribution is 2.40. The minimum atomic E-state index is -0.326. The van der Waals surface area contributed by atoms with E-state index in [4.69, 9.17) is 9.47 Å². The molecule has 0 radical (unpaired) electrons. The highest BCUT2D eigenvalue weighted by atomic mass is 16.5. The van der Waals surface area contributed by atoms with Crippen LogP contribution in [-0.4, -0.2) is 28.2 Å². The molecule has 31 heavy (non-hydrogen) atoms. The minimum absolute atomic E-state index is 0.0825. The summed E-state index contributed by atoms with van der Waals surface area (Å²) in [6.07, 6.45) is 3.86. The van der Waals surface area contributed by atoms with Crippen LogP contribution in [0.1, 0.15) is 17.7 Å². The summed E-state index contributed by atoms with van der Waals surface area (Å²) in [7, 11) is 1.35. The van der Waals surface area contributed by atoms with Crippen molar-refractivity contribution in [3.8, 4) is 22.6 Å². The van der Waals surface area contributed by atoms with Crippen LogP contribution in [0.15, 0.2) is 73.1 Å². The number of aromatic hydroxyl groups is 1. The molecule has 156 valence electrons. The van der Waals surface area contributed by atoms with Crippen LogP contribution in [0.25, 0.3) is 22.0 Å². The number of rotatable bonds is 7. The molecule has 2 heterocycles. The van der Waals surface area contributed by atoms with E-state index >= 15 is 0 Å². The second-order valence-electron chi connectivity index (χ2n) is 7.04. The number of hydrogen-bond donors (Lipinski definition) is 1. The third-order valence-corrected chi connectivity index (χ3v) is 5.05. The number of esters is 1. The molecule has 0 aliphatic carbocycles. The highest BCUT2D eigenvalue weighted by Gasteiger charge is 2.17. The van der Waals surface area contributed by atoms with Gasteiger partial charge < -0.3 is 14.6 Å². The summed E-state index contributed by atoms with van der Waals surface area (Å²) in [5, 5.41) is 12.0. The third kappa shape index (κ3) is 4.64. The SMILES string of the molecule is COC(=O)CCc1ccc(OCc2ccc3ccccc3n2)c(-c2ccncc2)c1O. The zero-order chi connectivity index (χ0) is 21.6. The molecule has 0 saturated heterocycles. The van der Waals surface area contributed by atoms with Gasteiger partial charge in [-0.05, 0) is 47.9 Å². The van der Waals surface area contributed by atoms with Crippen LogP contribution in [0.3, 0.4) is 0 Å². The number of phenolic OH excluding ortho intramolecular Hbond substituents is 1. The van der Waals surface area contributed by atoms with Gasteiger partial charge in [-0.2, -0.15) is 0 Å². The molecule has 0 aliphatic heterocycles. The number of benzene rings is 2. The molecule has 6 nitrogen and oxygen atoms in total. The highest BCUT2D eigenvalue weighted by molar-refractivity contribution is 5.79. The smallest absolute Gasteiger partial charge is 0.305 e. The summed E-state index contributed by atoms with van der Waals surface area (Å²) in [6.45, 7) is 0.254. The Morgan fingerprint density at radius 1 is 1.00 bits per heavy atom. The van der Waals surface area contributed by atoms with Gasteiger partial charge in [-0.3, -0.25) is 9.78 Å². The van der Waals surface area contributed by atoms with Crippen LogP contribution in [0.4, 0.5) is 0 Å². The lowest BCUT2D eigenvalue weighted by Crippen LogP contribution is -2.03. The summed E-state index contributed by atoms with van der Waals surface area (Å²) in [4.78, 5) is 20.2. The summed E-state index contributed by atoms with van der Waals surface area (Å²) < 4.78 is 10.8. The van der Waals surface area contributed by atoms with Crippen LogP contribution in [0.2, 0.25) is 0 Å². The molecule has 0 saturated carbocycles. The molecular weight excluding hydrogens is 392 g/mol. The molecule has 0 fully saturated rings. The number of fused-ring (bicyclic) bond motifs is 1. The molecule has 0 unspecified atom stereocenters. The predicted molar refractivity (Wildman–Crippen MR) is 118 cm³/mol. The van der Waals surface area contributed by atoms with Gasteiger partial charge in [0.25, 0.3) is 0 Å². The van der Waals surface area contributed by atoms with Crippen molar-refractivity contribution in [3.63, 3.8) is 0 Å². The van der Waals surface area contributed by atoms with Gasteiger partial charge in [-0.1, -0.05) is 30.3 Å². The first kappa shape index (κ1) is 20.3. The Bertz CT molecular complexity index is 1210. The van der Waals surface area contributed by atoms with Crippen LogP contribution < -0.4 is 4.74 Å². The Morgan fingerprint density at radius 2 is 1.81 bits per heavy atom. The average Bonchev–Trinajstić information content (AvgIpc) is 2.82. The molecular formula is C25H22N2O4. The maximum absolute atomic E-state index is 11.5. The molecule has 0 spiro atoms. The normalized spacial score (nSPS) is 10.7. The Morgan fingerprint density at radius 3 is 2.61 bits per heavy atom. The molecule has 2 aromatic heterocycles. The number of phenols is 1. The van der Waals surface area contributed by atoms with Crippen LogP contribution in [0.5, 0.6) is 11.5 Å². The summed E-state index contributed by atoms with van der Waals surface area (Å²) in [6, 6.07) is 19.0.